The van der Waals surface area contributed by atoms with Crippen LogP contribution < -0.4 is 5.73 Å². The molecule has 0 amide bonds. The van der Waals surface area contributed by atoms with E-state index in [2.05, 4.69) is 4.98 Å². The van der Waals surface area contributed by atoms with Crippen molar-refractivity contribution in [2.75, 3.05) is 6.54 Å². The van der Waals surface area contributed by atoms with E-state index in [4.69, 9.17) is 5.73 Å². The van der Waals surface area contributed by atoms with Crippen molar-refractivity contribution in [1.29, 1.82) is 0 Å². The second kappa shape index (κ2) is 5.76. The molecule has 0 fully saturated rings. The molecule has 0 aliphatic heterocycles. The van der Waals surface area contributed by atoms with E-state index in [1.165, 1.54) is 0 Å². The van der Waals surface area contributed by atoms with Crippen molar-refractivity contribution in [2.24, 2.45) is 5.73 Å². The number of nitrogens with zero attached hydrogens (tertiary/aromatic N) is 1. The molecule has 0 saturated heterocycles. The number of hydrogen-bond donors (Lipinski definition) is 2. The summed E-state index contributed by atoms with van der Waals surface area (Å²) < 4.78 is 0. The summed E-state index contributed by atoms with van der Waals surface area (Å²) in [6, 6.07) is 15.2. The zero-order valence-electron chi connectivity index (χ0n) is 10.3. The van der Waals surface area contributed by atoms with E-state index >= 15 is 0 Å². The summed E-state index contributed by atoms with van der Waals surface area (Å²) in [5, 5.41) is 11.0. The molecule has 2 rings (SSSR count). The number of aliphatic hydroxyl groups is 1. The minimum atomic E-state index is -1.05. The Morgan fingerprint density at radius 1 is 1.06 bits per heavy atom. The number of rotatable bonds is 5. The lowest BCUT2D eigenvalue weighted by Crippen LogP contribution is -2.29. The third kappa shape index (κ3) is 2.58. The van der Waals surface area contributed by atoms with Crippen LogP contribution in [-0.2, 0) is 5.60 Å². The third-order valence-electron chi connectivity index (χ3n) is 3.08. The maximum Gasteiger partial charge on any atom is 0.131 e. The summed E-state index contributed by atoms with van der Waals surface area (Å²) in [6.45, 7) is 0.558. The topological polar surface area (TPSA) is 59.1 Å². The van der Waals surface area contributed by atoms with E-state index in [1.807, 2.05) is 48.5 Å². The molecular formula is C15H18N2O. The van der Waals surface area contributed by atoms with E-state index in [0.29, 0.717) is 18.7 Å². The van der Waals surface area contributed by atoms with Crippen LogP contribution in [0.1, 0.15) is 24.1 Å². The standard InChI is InChI=1S/C15H18N2O/c16-11-6-10-15(18,13-7-2-1-3-8-13)14-9-4-5-12-17-14/h1-5,7-9,12,18H,6,10-11,16H2. The van der Waals surface area contributed by atoms with Gasteiger partial charge in [-0.25, -0.2) is 0 Å². The van der Waals surface area contributed by atoms with Gasteiger partial charge in [-0.05, 0) is 37.1 Å². The first-order valence-electron chi connectivity index (χ1n) is 6.17. The Morgan fingerprint density at radius 2 is 1.78 bits per heavy atom. The highest BCUT2D eigenvalue weighted by Crippen LogP contribution is 2.32. The lowest BCUT2D eigenvalue weighted by Gasteiger charge is -2.28. The van der Waals surface area contributed by atoms with Crippen LogP contribution in [0.25, 0.3) is 0 Å². The summed E-state index contributed by atoms with van der Waals surface area (Å²) in [4.78, 5) is 4.29. The molecule has 2 aromatic rings. The van der Waals surface area contributed by atoms with E-state index < -0.39 is 5.60 Å². The smallest absolute Gasteiger partial charge is 0.131 e. The summed E-state index contributed by atoms with van der Waals surface area (Å²) in [7, 11) is 0. The van der Waals surface area contributed by atoms with Crippen LogP contribution in [0.15, 0.2) is 54.7 Å². The van der Waals surface area contributed by atoms with Crippen molar-refractivity contribution in [3.63, 3.8) is 0 Å². The van der Waals surface area contributed by atoms with Gasteiger partial charge in [-0.15, -0.1) is 0 Å². The van der Waals surface area contributed by atoms with E-state index in [1.54, 1.807) is 6.20 Å². The van der Waals surface area contributed by atoms with E-state index in [0.717, 1.165) is 12.0 Å². The molecule has 3 N–H and O–H groups in total. The Balaban J connectivity index is 2.41. The monoisotopic (exact) mass is 242 g/mol. The number of benzene rings is 1. The molecule has 3 heteroatoms. The molecule has 0 aliphatic rings. The number of nitrogens with two attached hydrogens (primary N) is 1. The van der Waals surface area contributed by atoms with Crippen LogP contribution in [0.3, 0.4) is 0 Å². The lowest BCUT2D eigenvalue weighted by atomic mass is 9.85. The predicted octanol–water partition coefficient (Wildman–Crippen LogP) is 2.06. The minimum Gasteiger partial charge on any atom is -0.379 e. The highest BCUT2D eigenvalue weighted by Gasteiger charge is 2.31. The Bertz CT molecular complexity index is 431. The predicted molar refractivity (Wildman–Crippen MR) is 72.0 cm³/mol. The normalized spacial score (nSPS) is 14.1. The molecule has 3 nitrogen and oxygen atoms in total. The quantitative estimate of drug-likeness (QED) is 0.843. The van der Waals surface area contributed by atoms with Crippen LogP contribution in [0.5, 0.6) is 0 Å². The molecule has 0 aliphatic carbocycles. The van der Waals surface area contributed by atoms with Crippen LogP contribution in [-0.4, -0.2) is 16.6 Å². The number of hydrogen-bond acceptors (Lipinski definition) is 3. The first-order chi connectivity index (χ1) is 8.77. The molecule has 0 saturated carbocycles. The molecule has 1 atom stereocenters. The molecule has 1 heterocycles. The number of aromatic nitrogens is 1. The summed E-state index contributed by atoms with van der Waals surface area (Å²) >= 11 is 0. The van der Waals surface area contributed by atoms with Crippen molar-refractivity contribution >= 4 is 0 Å². The molecule has 0 radical (unpaired) electrons. The Labute approximate surface area is 107 Å². The molecule has 94 valence electrons. The van der Waals surface area contributed by atoms with Gasteiger partial charge in [0.25, 0.3) is 0 Å². The largest absolute Gasteiger partial charge is 0.379 e. The van der Waals surface area contributed by atoms with Crippen LogP contribution in [0.2, 0.25) is 0 Å². The minimum absolute atomic E-state index is 0.558. The van der Waals surface area contributed by atoms with Gasteiger partial charge in [0.15, 0.2) is 0 Å². The van der Waals surface area contributed by atoms with Gasteiger partial charge >= 0.3 is 0 Å². The van der Waals surface area contributed by atoms with Gasteiger partial charge in [0, 0.05) is 6.20 Å². The zero-order valence-corrected chi connectivity index (χ0v) is 10.3. The van der Waals surface area contributed by atoms with Crippen molar-refractivity contribution in [3.05, 3.63) is 66.0 Å². The van der Waals surface area contributed by atoms with Crippen molar-refractivity contribution in [2.45, 2.75) is 18.4 Å². The summed E-state index contributed by atoms with van der Waals surface area (Å²) in [5.74, 6) is 0. The highest BCUT2D eigenvalue weighted by atomic mass is 16.3. The fourth-order valence-corrected chi connectivity index (χ4v) is 2.10. The average Bonchev–Trinajstić information content (AvgIpc) is 2.46. The fraction of sp³-hybridized carbons (Fsp3) is 0.267. The second-order valence-electron chi connectivity index (χ2n) is 4.33. The first-order valence-corrected chi connectivity index (χ1v) is 6.17. The fourth-order valence-electron chi connectivity index (χ4n) is 2.10. The van der Waals surface area contributed by atoms with Crippen molar-refractivity contribution < 1.29 is 5.11 Å². The Morgan fingerprint density at radius 3 is 2.39 bits per heavy atom. The van der Waals surface area contributed by atoms with Gasteiger partial charge in [-0.1, -0.05) is 36.4 Å². The average molecular weight is 242 g/mol. The molecule has 0 spiro atoms. The van der Waals surface area contributed by atoms with E-state index in [9.17, 15) is 5.11 Å². The second-order valence-corrected chi connectivity index (χ2v) is 4.33. The SMILES string of the molecule is NCCCC(O)(c1ccccc1)c1ccccn1. The van der Waals surface area contributed by atoms with Gasteiger partial charge in [-0.2, -0.15) is 0 Å². The molecule has 18 heavy (non-hydrogen) atoms. The number of pyridine rings is 1. The van der Waals surface area contributed by atoms with Gasteiger partial charge in [-0.3, -0.25) is 4.98 Å². The van der Waals surface area contributed by atoms with Crippen LogP contribution in [0, 0.1) is 0 Å². The molecule has 1 aromatic carbocycles. The third-order valence-corrected chi connectivity index (χ3v) is 3.08. The highest BCUT2D eigenvalue weighted by molar-refractivity contribution is 5.31. The maximum absolute atomic E-state index is 11.0. The lowest BCUT2D eigenvalue weighted by molar-refractivity contribution is 0.0649. The molecule has 1 unspecified atom stereocenters. The molecular weight excluding hydrogens is 224 g/mol. The summed E-state index contributed by atoms with van der Waals surface area (Å²) in [6.07, 6.45) is 3.03. The molecule has 0 bridgehead atoms. The molecule has 1 aromatic heterocycles. The van der Waals surface area contributed by atoms with Crippen molar-refractivity contribution in [1.82, 2.24) is 4.98 Å². The zero-order chi connectivity index (χ0) is 12.8. The van der Waals surface area contributed by atoms with Crippen LogP contribution >= 0.6 is 0 Å². The van der Waals surface area contributed by atoms with Gasteiger partial charge in [0.2, 0.25) is 0 Å². The van der Waals surface area contributed by atoms with Crippen molar-refractivity contribution in [3.8, 4) is 0 Å². The maximum atomic E-state index is 11.0. The van der Waals surface area contributed by atoms with Crippen LogP contribution in [0.4, 0.5) is 0 Å². The summed E-state index contributed by atoms with van der Waals surface area (Å²) in [5.41, 5.74) is 6.04. The van der Waals surface area contributed by atoms with Gasteiger partial charge < -0.3 is 10.8 Å². The Hall–Kier alpha value is -1.71. The van der Waals surface area contributed by atoms with E-state index in [-0.39, 0.29) is 0 Å². The first kappa shape index (κ1) is 12.7. The van der Waals surface area contributed by atoms with Gasteiger partial charge in [0.05, 0.1) is 5.69 Å². The van der Waals surface area contributed by atoms with Gasteiger partial charge in [0.1, 0.15) is 5.60 Å². The Kier molecular flexibility index (Phi) is 4.07.